The summed E-state index contributed by atoms with van der Waals surface area (Å²) in [5.74, 6) is -2.91. The van der Waals surface area contributed by atoms with E-state index in [0.717, 1.165) is 6.54 Å². The SMILES string of the molecule is Cc1ccc(CN2C[C@@H]3[C@@H](C(=O)NC(C)C)CCS(=O)(=O)[C@@H]3C2)cc1.O=C(O)C(F)(F)F. The first-order valence-electron chi connectivity index (χ1n) is 10.3. The van der Waals surface area contributed by atoms with Crippen molar-refractivity contribution in [3.63, 3.8) is 0 Å². The zero-order chi connectivity index (χ0) is 24.3. The minimum absolute atomic E-state index is 0.0112. The van der Waals surface area contributed by atoms with Crippen LogP contribution in [0, 0.1) is 18.8 Å². The molecule has 2 heterocycles. The number of sulfone groups is 1. The fourth-order valence-electron chi connectivity index (χ4n) is 4.10. The van der Waals surface area contributed by atoms with Gasteiger partial charge in [-0.15, -0.1) is 0 Å². The molecule has 0 saturated carbocycles. The number of carbonyl (C=O) groups excluding carboxylic acids is 1. The summed E-state index contributed by atoms with van der Waals surface area (Å²) in [6.45, 7) is 7.88. The molecule has 0 aromatic heterocycles. The number of carboxylic acids is 1. The maximum Gasteiger partial charge on any atom is 0.490 e. The van der Waals surface area contributed by atoms with E-state index in [1.54, 1.807) is 0 Å². The molecular formula is C21H29F3N2O5S. The predicted octanol–water partition coefficient (Wildman–Crippen LogP) is 2.39. The second-order valence-corrected chi connectivity index (χ2v) is 10.9. The van der Waals surface area contributed by atoms with E-state index >= 15 is 0 Å². The second kappa shape index (κ2) is 10.2. The topological polar surface area (TPSA) is 104 Å². The molecule has 2 N–H and O–H groups in total. The van der Waals surface area contributed by atoms with Crippen molar-refractivity contribution in [3.05, 3.63) is 35.4 Å². The van der Waals surface area contributed by atoms with Crippen molar-refractivity contribution >= 4 is 21.7 Å². The molecule has 3 rings (SSSR count). The van der Waals surface area contributed by atoms with Gasteiger partial charge >= 0.3 is 12.1 Å². The number of alkyl halides is 3. The molecule has 1 aromatic carbocycles. The molecular weight excluding hydrogens is 449 g/mol. The van der Waals surface area contributed by atoms with Crippen molar-refractivity contribution in [2.45, 2.75) is 51.2 Å². The molecule has 2 saturated heterocycles. The fraction of sp³-hybridized carbons (Fsp3) is 0.619. The maximum absolute atomic E-state index is 12.5. The Kier molecular flexibility index (Phi) is 8.33. The highest BCUT2D eigenvalue weighted by Crippen LogP contribution is 2.37. The van der Waals surface area contributed by atoms with Gasteiger partial charge in [0, 0.05) is 37.5 Å². The van der Waals surface area contributed by atoms with E-state index in [4.69, 9.17) is 9.90 Å². The summed E-state index contributed by atoms with van der Waals surface area (Å²) in [7, 11) is -3.11. The van der Waals surface area contributed by atoms with Crippen molar-refractivity contribution in [1.82, 2.24) is 10.2 Å². The fourth-order valence-corrected chi connectivity index (χ4v) is 6.23. The van der Waals surface area contributed by atoms with E-state index in [1.807, 2.05) is 13.8 Å². The van der Waals surface area contributed by atoms with Gasteiger partial charge in [-0.3, -0.25) is 9.69 Å². The lowest BCUT2D eigenvalue weighted by molar-refractivity contribution is -0.192. The Labute approximate surface area is 185 Å². The number of rotatable bonds is 4. The van der Waals surface area contributed by atoms with Crippen LogP contribution in [0.25, 0.3) is 0 Å². The number of hydrogen-bond donors (Lipinski definition) is 2. The maximum atomic E-state index is 12.5. The average Bonchev–Trinajstić information content (AvgIpc) is 3.08. The molecule has 2 aliphatic rings. The Balaban J connectivity index is 0.000000451. The molecule has 2 aliphatic heterocycles. The van der Waals surface area contributed by atoms with Crippen LogP contribution in [-0.4, -0.2) is 66.6 Å². The van der Waals surface area contributed by atoms with Gasteiger partial charge in [0.1, 0.15) is 0 Å². The van der Waals surface area contributed by atoms with Gasteiger partial charge < -0.3 is 10.4 Å². The van der Waals surface area contributed by atoms with E-state index in [0.29, 0.717) is 19.5 Å². The average molecular weight is 479 g/mol. The lowest BCUT2D eigenvalue weighted by Crippen LogP contribution is -2.48. The van der Waals surface area contributed by atoms with Crippen molar-refractivity contribution in [1.29, 1.82) is 0 Å². The number of halogens is 3. The number of carbonyl (C=O) groups is 2. The van der Waals surface area contributed by atoms with Gasteiger partial charge in [-0.05, 0) is 32.8 Å². The van der Waals surface area contributed by atoms with E-state index in [1.165, 1.54) is 11.1 Å². The van der Waals surface area contributed by atoms with Crippen LogP contribution in [-0.2, 0) is 26.0 Å². The Bertz CT molecular complexity index is 916. The van der Waals surface area contributed by atoms with E-state index in [-0.39, 0.29) is 29.5 Å². The molecule has 0 radical (unpaired) electrons. The summed E-state index contributed by atoms with van der Waals surface area (Å²) >= 11 is 0. The zero-order valence-corrected chi connectivity index (χ0v) is 19.0. The molecule has 1 amide bonds. The lowest BCUT2D eigenvalue weighted by Gasteiger charge is -2.32. The summed E-state index contributed by atoms with van der Waals surface area (Å²) in [6, 6.07) is 8.42. The number of nitrogens with zero attached hydrogens (tertiary/aromatic N) is 1. The number of likely N-dealkylation sites (tertiary alicyclic amines) is 1. The first-order chi connectivity index (χ1) is 14.7. The normalized spacial score (nSPS) is 24.9. The largest absolute Gasteiger partial charge is 0.490 e. The smallest absolute Gasteiger partial charge is 0.475 e. The number of amides is 1. The molecule has 2 fully saturated rings. The monoisotopic (exact) mass is 478 g/mol. The van der Waals surface area contributed by atoms with Crippen LogP contribution in [0.5, 0.6) is 0 Å². The second-order valence-electron chi connectivity index (χ2n) is 8.61. The Hall–Kier alpha value is -2.14. The number of fused-ring (bicyclic) bond motifs is 1. The highest BCUT2D eigenvalue weighted by atomic mass is 32.2. The third kappa shape index (κ3) is 6.93. The molecule has 32 heavy (non-hydrogen) atoms. The van der Waals surface area contributed by atoms with Crippen molar-refractivity contribution < 1.29 is 36.3 Å². The molecule has 7 nitrogen and oxygen atoms in total. The number of carboxylic acid groups (broad SMARTS) is 1. The van der Waals surface area contributed by atoms with Crippen LogP contribution in [0.2, 0.25) is 0 Å². The summed E-state index contributed by atoms with van der Waals surface area (Å²) in [6.07, 6.45) is -4.64. The Morgan fingerprint density at radius 2 is 1.75 bits per heavy atom. The molecule has 180 valence electrons. The molecule has 0 aliphatic carbocycles. The third-order valence-corrected chi connectivity index (χ3v) is 7.84. The highest BCUT2D eigenvalue weighted by molar-refractivity contribution is 7.92. The molecule has 11 heteroatoms. The number of benzene rings is 1. The summed E-state index contributed by atoms with van der Waals surface area (Å²) in [4.78, 5) is 23.6. The van der Waals surface area contributed by atoms with Gasteiger partial charge in [0.15, 0.2) is 9.84 Å². The van der Waals surface area contributed by atoms with Crippen LogP contribution >= 0.6 is 0 Å². The van der Waals surface area contributed by atoms with E-state index in [2.05, 4.69) is 41.4 Å². The molecule has 0 unspecified atom stereocenters. The van der Waals surface area contributed by atoms with Crippen LogP contribution in [0.1, 0.15) is 31.4 Å². The lowest BCUT2D eigenvalue weighted by atomic mass is 9.87. The summed E-state index contributed by atoms with van der Waals surface area (Å²) < 4.78 is 56.8. The predicted molar refractivity (Wildman–Crippen MR) is 113 cm³/mol. The Morgan fingerprint density at radius 3 is 2.25 bits per heavy atom. The van der Waals surface area contributed by atoms with Crippen molar-refractivity contribution in [2.75, 3.05) is 18.8 Å². The minimum atomic E-state index is -5.08. The van der Waals surface area contributed by atoms with Crippen LogP contribution < -0.4 is 5.32 Å². The Morgan fingerprint density at radius 1 is 1.19 bits per heavy atom. The summed E-state index contributed by atoms with van der Waals surface area (Å²) in [5.41, 5.74) is 2.40. The van der Waals surface area contributed by atoms with Gasteiger partial charge in [0.25, 0.3) is 0 Å². The highest BCUT2D eigenvalue weighted by Gasteiger charge is 2.50. The molecule has 0 spiro atoms. The molecule has 0 bridgehead atoms. The van der Waals surface area contributed by atoms with Gasteiger partial charge in [-0.25, -0.2) is 13.2 Å². The van der Waals surface area contributed by atoms with Gasteiger partial charge in [0.05, 0.1) is 11.0 Å². The first-order valence-corrected chi connectivity index (χ1v) is 12.0. The van der Waals surface area contributed by atoms with E-state index in [9.17, 15) is 26.4 Å². The van der Waals surface area contributed by atoms with Crippen LogP contribution in [0.3, 0.4) is 0 Å². The van der Waals surface area contributed by atoms with Crippen molar-refractivity contribution in [3.8, 4) is 0 Å². The third-order valence-electron chi connectivity index (χ3n) is 5.61. The van der Waals surface area contributed by atoms with Crippen LogP contribution in [0.4, 0.5) is 13.2 Å². The standard InChI is InChI=1S/C19H28N2O3S.C2HF3O2/c1-13(2)20-19(22)16-8-9-25(23,24)18-12-21(11-17(16)18)10-15-6-4-14(3)5-7-15;3-2(4,5)1(6)7/h4-7,13,16-18H,8-12H2,1-3H3,(H,20,22);(H,6,7)/t16-,17+,18+;/m0./s1. The number of aliphatic carboxylic acids is 1. The number of hydrogen-bond acceptors (Lipinski definition) is 5. The van der Waals surface area contributed by atoms with Crippen LogP contribution in [0.15, 0.2) is 24.3 Å². The molecule has 1 aromatic rings. The molecule has 3 atom stereocenters. The van der Waals surface area contributed by atoms with E-state index < -0.39 is 27.2 Å². The quantitative estimate of drug-likeness (QED) is 0.689. The van der Waals surface area contributed by atoms with Gasteiger partial charge in [0.2, 0.25) is 5.91 Å². The zero-order valence-electron chi connectivity index (χ0n) is 18.2. The minimum Gasteiger partial charge on any atom is -0.475 e. The number of aryl methyl sites for hydroxylation is 1. The first kappa shape index (κ1) is 26.1. The van der Waals surface area contributed by atoms with Crippen molar-refractivity contribution in [2.24, 2.45) is 11.8 Å². The van der Waals surface area contributed by atoms with Gasteiger partial charge in [-0.1, -0.05) is 29.8 Å². The van der Waals surface area contributed by atoms with Gasteiger partial charge in [-0.2, -0.15) is 13.2 Å². The number of nitrogens with one attached hydrogen (secondary N) is 1. The summed E-state index contributed by atoms with van der Waals surface area (Å²) in [5, 5.41) is 9.69.